The van der Waals surface area contributed by atoms with Crippen LogP contribution in [0.5, 0.6) is 0 Å². The highest BCUT2D eigenvalue weighted by atomic mass is 32.1. The summed E-state index contributed by atoms with van der Waals surface area (Å²) in [6, 6.07) is 23.4. The van der Waals surface area contributed by atoms with E-state index in [1.807, 2.05) is 73.7 Å². The van der Waals surface area contributed by atoms with E-state index in [1.165, 1.54) is 11.3 Å². The summed E-state index contributed by atoms with van der Waals surface area (Å²) in [5.74, 6) is 0.607. The lowest BCUT2D eigenvalue weighted by atomic mass is 10.2. The third-order valence-corrected chi connectivity index (χ3v) is 5.55. The van der Waals surface area contributed by atoms with Crippen molar-refractivity contribution in [3.05, 3.63) is 88.7 Å². The van der Waals surface area contributed by atoms with Crippen LogP contribution >= 0.6 is 11.3 Å². The van der Waals surface area contributed by atoms with Crippen LogP contribution in [0.3, 0.4) is 0 Å². The van der Waals surface area contributed by atoms with Gasteiger partial charge in [-0.1, -0.05) is 59.9 Å². The number of hydrogen-bond acceptors (Lipinski definition) is 4. The van der Waals surface area contributed by atoms with Crippen LogP contribution < -0.4 is 5.56 Å². The summed E-state index contributed by atoms with van der Waals surface area (Å²) >= 11 is 1.50. The van der Waals surface area contributed by atoms with Crippen LogP contribution in [0.2, 0.25) is 0 Å². The molecule has 0 aliphatic carbocycles. The van der Waals surface area contributed by atoms with Gasteiger partial charge in [0, 0.05) is 5.56 Å². The minimum absolute atomic E-state index is 0.102. The number of para-hydroxylation sites is 1. The van der Waals surface area contributed by atoms with Gasteiger partial charge in [0.05, 0.1) is 21.1 Å². The molecule has 0 aliphatic heterocycles. The normalized spacial score (nSPS) is 11.3. The average molecular weight is 369 g/mol. The van der Waals surface area contributed by atoms with Crippen molar-refractivity contribution in [2.24, 2.45) is 0 Å². The quantitative estimate of drug-likeness (QED) is 0.441. The minimum atomic E-state index is -0.102. The summed E-state index contributed by atoms with van der Waals surface area (Å²) in [5.41, 5.74) is 3.52. The Morgan fingerprint density at radius 3 is 2.48 bits per heavy atom. The van der Waals surface area contributed by atoms with Crippen molar-refractivity contribution < 1.29 is 0 Å². The molecule has 0 spiro atoms. The van der Waals surface area contributed by atoms with E-state index >= 15 is 0 Å². The van der Waals surface area contributed by atoms with Crippen molar-refractivity contribution in [3.63, 3.8) is 0 Å². The average Bonchev–Trinajstić information content (AvgIpc) is 3.11. The highest BCUT2D eigenvalue weighted by Crippen LogP contribution is 2.28. The Morgan fingerprint density at radius 1 is 0.852 bits per heavy atom. The van der Waals surface area contributed by atoms with Gasteiger partial charge >= 0.3 is 0 Å². The van der Waals surface area contributed by atoms with Crippen LogP contribution in [0.15, 0.2) is 77.6 Å². The van der Waals surface area contributed by atoms with Crippen LogP contribution in [-0.2, 0) is 0 Å². The zero-order chi connectivity index (χ0) is 18.4. The van der Waals surface area contributed by atoms with Gasteiger partial charge in [0.15, 0.2) is 5.13 Å². The first-order valence-electron chi connectivity index (χ1n) is 8.65. The summed E-state index contributed by atoms with van der Waals surface area (Å²) in [7, 11) is 0. The number of nitrogens with zero attached hydrogens (tertiary/aromatic N) is 3. The number of aromatic nitrogens is 3. The molecule has 0 saturated heterocycles. The van der Waals surface area contributed by atoms with Crippen LogP contribution in [0.4, 0.5) is 0 Å². The molecular formula is C22H15N3OS. The van der Waals surface area contributed by atoms with E-state index in [1.54, 1.807) is 4.57 Å². The van der Waals surface area contributed by atoms with Crippen molar-refractivity contribution in [2.75, 3.05) is 0 Å². The maximum atomic E-state index is 13.4. The predicted octanol–water partition coefficient (Wildman–Crippen LogP) is 4.97. The molecular weight excluding hydrogens is 354 g/mol. The molecule has 0 bridgehead atoms. The highest BCUT2D eigenvalue weighted by Gasteiger charge is 2.17. The Morgan fingerprint density at radius 2 is 1.63 bits per heavy atom. The van der Waals surface area contributed by atoms with Crippen molar-refractivity contribution in [3.8, 4) is 16.5 Å². The monoisotopic (exact) mass is 369 g/mol. The summed E-state index contributed by atoms with van der Waals surface area (Å²) in [6.45, 7) is 2.04. The summed E-state index contributed by atoms with van der Waals surface area (Å²) in [5, 5.41) is 1.23. The largest absolute Gasteiger partial charge is 0.268 e. The summed E-state index contributed by atoms with van der Waals surface area (Å²) < 4.78 is 2.69. The molecule has 0 saturated carbocycles. The Labute approximate surface area is 159 Å². The molecule has 0 radical (unpaired) electrons. The van der Waals surface area contributed by atoms with E-state index in [2.05, 4.69) is 6.07 Å². The lowest BCUT2D eigenvalue weighted by Gasteiger charge is -2.11. The zero-order valence-corrected chi connectivity index (χ0v) is 15.4. The van der Waals surface area contributed by atoms with Gasteiger partial charge in [-0.2, -0.15) is 0 Å². The molecule has 2 heterocycles. The molecule has 0 amide bonds. The maximum Gasteiger partial charge on any atom is 0.268 e. The van der Waals surface area contributed by atoms with Gasteiger partial charge in [-0.15, -0.1) is 0 Å². The van der Waals surface area contributed by atoms with Crippen LogP contribution in [0.25, 0.3) is 37.6 Å². The van der Waals surface area contributed by atoms with Crippen molar-refractivity contribution in [1.29, 1.82) is 0 Å². The molecule has 5 rings (SSSR count). The van der Waals surface area contributed by atoms with Gasteiger partial charge in [-0.05, 0) is 36.8 Å². The number of fused-ring (bicyclic) bond motifs is 2. The Hall–Kier alpha value is -3.31. The summed E-state index contributed by atoms with van der Waals surface area (Å²) in [4.78, 5) is 22.9. The standard InChI is InChI=1S/C22H15N3OS/c1-14-11-12-19-18(13-14)24-22(27-19)25-20(15-7-3-2-4-8-15)23-17-10-6-5-9-16(17)21(25)26/h2-13H,1H3. The van der Waals surface area contributed by atoms with E-state index in [9.17, 15) is 4.79 Å². The molecule has 27 heavy (non-hydrogen) atoms. The predicted molar refractivity (Wildman–Crippen MR) is 111 cm³/mol. The molecule has 5 aromatic rings. The van der Waals surface area contributed by atoms with E-state index in [4.69, 9.17) is 9.97 Å². The smallest absolute Gasteiger partial charge is 0.268 e. The Bertz CT molecular complexity index is 1350. The second-order valence-electron chi connectivity index (χ2n) is 6.43. The van der Waals surface area contributed by atoms with E-state index in [0.29, 0.717) is 21.9 Å². The molecule has 130 valence electrons. The van der Waals surface area contributed by atoms with Gasteiger partial charge in [0.2, 0.25) is 0 Å². The first-order valence-corrected chi connectivity index (χ1v) is 9.47. The first-order chi connectivity index (χ1) is 13.2. The van der Waals surface area contributed by atoms with Crippen LogP contribution in [0, 0.1) is 6.92 Å². The number of rotatable bonds is 2. The van der Waals surface area contributed by atoms with Crippen molar-refractivity contribution >= 4 is 32.5 Å². The van der Waals surface area contributed by atoms with E-state index < -0.39 is 0 Å². The second-order valence-corrected chi connectivity index (χ2v) is 7.44. The SMILES string of the molecule is Cc1ccc2sc(-n3c(-c4ccccc4)nc4ccccc4c3=O)nc2c1. The van der Waals surface area contributed by atoms with Gasteiger partial charge < -0.3 is 0 Å². The van der Waals surface area contributed by atoms with Gasteiger partial charge in [-0.3, -0.25) is 4.79 Å². The fourth-order valence-corrected chi connectivity index (χ4v) is 4.16. The molecule has 0 aliphatic rings. The molecule has 2 aromatic heterocycles. The molecule has 0 atom stereocenters. The number of thiazole rings is 1. The lowest BCUT2D eigenvalue weighted by molar-refractivity contribution is 0.965. The molecule has 0 N–H and O–H groups in total. The Balaban J connectivity index is 1.88. The van der Waals surface area contributed by atoms with Crippen molar-refractivity contribution in [1.82, 2.24) is 14.5 Å². The van der Waals surface area contributed by atoms with Crippen LogP contribution in [-0.4, -0.2) is 14.5 Å². The number of benzene rings is 3. The fourth-order valence-electron chi connectivity index (χ4n) is 3.21. The van der Waals surface area contributed by atoms with Gasteiger partial charge in [0.1, 0.15) is 5.82 Å². The molecule has 4 nitrogen and oxygen atoms in total. The Kier molecular flexibility index (Phi) is 3.62. The third-order valence-electron chi connectivity index (χ3n) is 4.53. The minimum Gasteiger partial charge on any atom is -0.268 e. The number of hydrogen-bond donors (Lipinski definition) is 0. The van der Waals surface area contributed by atoms with E-state index in [-0.39, 0.29) is 5.56 Å². The molecule has 0 fully saturated rings. The molecule has 0 unspecified atom stereocenters. The zero-order valence-electron chi connectivity index (χ0n) is 14.6. The first kappa shape index (κ1) is 15.9. The lowest BCUT2D eigenvalue weighted by Crippen LogP contribution is -2.21. The number of aryl methyl sites for hydroxylation is 1. The fraction of sp³-hybridized carbons (Fsp3) is 0.0455. The second kappa shape index (κ2) is 6.14. The third kappa shape index (κ3) is 2.64. The van der Waals surface area contributed by atoms with E-state index in [0.717, 1.165) is 21.3 Å². The van der Waals surface area contributed by atoms with Gasteiger partial charge in [0.25, 0.3) is 5.56 Å². The molecule has 3 aromatic carbocycles. The summed E-state index contributed by atoms with van der Waals surface area (Å²) in [6.07, 6.45) is 0. The van der Waals surface area contributed by atoms with Gasteiger partial charge in [-0.25, -0.2) is 14.5 Å². The highest BCUT2D eigenvalue weighted by molar-refractivity contribution is 7.20. The van der Waals surface area contributed by atoms with Crippen molar-refractivity contribution in [2.45, 2.75) is 6.92 Å². The van der Waals surface area contributed by atoms with Crippen LogP contribution in [0.1, 0.15) is 5.56 Å². The molecule has 5 heteroatoms. The topological polar surface area (TPSA) is 47.8 Å². The maximum absolute atomic E-state index is 13.4.